The molecule has 28 heavy (non-hydrogen) atoms. The number of hydrogen-bond acceptors (Lipinski definition) is 4. The van der Waals surface area contributed by atoms with Gasteiger partial charge in [0.25, 0.3) is 0 Å². The topological polar surface area (TPSA) is 53.0 Å². The van der Waals surface area contributed by atoms with Gasteiger partial charge >= 0.3 is 0 Å². The van der Waals surface area contributed by atoms with E-state index in [0.29, 0.717) is 12.4 Å². The number of aliphatic imine (C=N–C) groups is 1. The summed E-state index contributed by atoms with van der Waals surface area (Å²) in [6.07, 6.45) is 0. The van der Waals surface area contributed by atoms with Crippen LogP contribution < -0.4 is 15.0 Å². The van der Waals surface area contributed by atoms with E-state index >= 15 is 0 Å². The van der Waals surface area contributed by atoms with Gasteiger partial charge in [0, 0.05) is 44.5 Å². The smallest absolute Gasteiger partial charge is 0.213 e. The molecule has 152 valence electrons. The molecule has 6 nitrogen and oxygen atoms in total. The normalized spacial score (nSPS) is 14.5. The second-order valence-electron chi connectivity index (χ2n) is 6.29. The van der Waals surface area contributed by atoms with Gasteiger partial charge in [0.15, 0.2) is 5.96 Å². The Morgan fingerprint density at radius 2 is 1.86 bits per heavy atom. The molecule has 8 heteroatoms. The van der Waals surface area contributed by atoms with Gasteiger partial charge in [-0.1, -0.05) is 6.07 Å². The molecular formula is C20H27FIN5O. The Hall–Kier alpha value is -2.10. The average Bonchev–Trinajstić information content (AvgIpc) is 2.72. The average molecular weight is 499 g/mol. The zero-order valence-corrected chi connectivity index (χ0v) is 18.6. The summed E-state index contributed by atoms with van der Waals surface area (Å²) in [5.41, 5.74) is 1.92. The second-order valence-corrected chi connectivity index (χ2v) is 6.29. The lowest BCUT2D eigenvalue weighted by atomic mass is 10.2. The van der Waals surface area contributed by atoms with Gasteiger partial charge in [-0.25, -0.2) is 14.4 Å². The van der Waals surface area contributed by atoms with Crippen LogP contribution in [0.5, 0.6) is 5.88 Å². The number of aromatic nitrogens is 1. The van der Waals surface area contributed by atoms with Gasteiger partial charge in [-0.3, -0.25) is 0 Å². The van der Waals surface area contributed by atoms with E-state index in [2.05, 4.69) is 27.0 Å². The van der Waals surface area contributed by atoms with Crippen molar-refractivity contribution in [3.05, 3.63) is 54.0 Å². The van der Waals surface area contributed by atoms with Crippen LogP contribution in [-0.2, 0) is 6.54 Å². The van der Waals surface area contributed by atoms with Crippen LogP contribution >= 0.6 is 24.0 Å². The van der Waals surface area contributed by atoms with Crippen molar-refractivity contribution in [2.24, 2.45) is 4.99 Å². The molecule has 1 N–H and O–H groups in total. The molecule has 0 amide bonds. The van der Waals surface area contributed by atoms with Crippen LogP contribution in [-0.4, -0.2) is 55.7 Å². The number of benzene rings is 1. The van der Waals surface area contributed by atoms with Crippen LogP contribution in [0.2, 0.25) is 0 Å². The molecular weight excluding hydrogens is 472 g/mol. The predicted molar refractivity (Wildman–Crippen MR) is 121 cm³/mol. The number of nitrogens with one attached hydrogen (secondary N) is 1. The van der Waals surface area contributed by atoms with Crippen molar-refractivity contribution in [2.45, 2.75) is 13.5 Å². The first-order valence-corrected chi connectivity index (χ1v) is 9.23. The van der Waals surface area contributed by atoms with E-state index in [-0.39, 0.29) is 29.8 Å². The van der Waals surface area contributed by atoms with E-state index in [4.69, 9.17) is 9.73 Å². The number of anilines is 1. The highest BCUT2D eigenvalue weighted by Crippen LogP contribution is 2.17. The fourth-order valence-electron chi connectivity index (χ4n) is 3.07. The summed E-state index contributed by atoms with van der Waals surface area (Å²) in [5, 5.41) is 3.36. The third-order valence-electron chi connectivity index (χ3n) is 4.49. The summed E-state index contributed by atoms with van der Waals surface area (Å²) >= 11 is 0. The molecule has 0 saturated carbocycles. The summed E-state index contributed by atoms with van der Waals surface area (Å²) in [7, 11) is 1.61. The highest BCUT2D eigenvalue weighted by atomic mass is 127. The summed E-state index contributed by atoms with van der Waals surface area (Å²) in [5.74, 6) is 1.28. The minimum Gasteiger partial charge on any atom is -0.481 e. The maximum atomic E-state index is 13.1. The highest BCUT2D eigenvalue weighted by molar-refractivity contribution is 14.0. The van der Waals surface area contributed by atoms with Crippen LogP contribution in [0.4, 0.5) is 10.1 Å². The number of methoxy groups -OCH3 is 1. The number of rotatable bonds is 5. The zero-order valence-electron chi connectivity index (χ0n) is 16.3. The first-order chi connectivity index (χ1) is 13.2. The maximum Gasteiger partial charge on any atom is 0.213 e. The lowest BCUT2D eigenvalue weighted by Crippen LogP contribution is -2.52. The number of halogens is 2. The van der Waals surface area contributed by atoms with Crippen LogP contribution in [0, 0.1) is 5.82 Å². The van der Waals surface area contributed by atoms with Crippen molar-refractivity contribution in [3.8, 4) is 5.88 Å². The molecule has 1 aromatic carbocycles. The summed E-state index contributed by atoms with van der Waals surface area (Å²) in [4.78, 5) is 13.7. The third-order valence-corrected chi connectivity index (χ3v) is 4.49. The van der Waals surface area contributed by atoms with E-state index < -0.39 is 0 Å². The number of piperazine rings is 1. The standard InChI is InChI=1S/C20H26FN5O.HI/c1-3-22-20(23-15-17-5-4-6-19(24-17)27-2)26-13-11-25(12-14-26)18-9-7-16(21)8-10-18;/h4-10H,3,11-15H2,1-2H3,(H,22,23);1H. The number of pyridine rings is 1. The van der Waals surface area contributed by atoms with Crippen molar-refractivity contribution >= 4 is 35.6 Å². The number of nitrogens with zero attached hydrogens (tertiary/aromatic N) is 4. The lowest BCUT2D eigenvalue weighted by Gasteiger charge is -2.37. The molecule has 2 aromatic rings. The summed E-state index contributed by atoms with van der Waals surface area (Å²) in [6, 6.07) is 12.4. The van der Waals surface area contributed by atoms with E-state index in [1.807, 2.05) is 30.3 Å². The molecule has 1 saturated heterocycles. The molecule has 0 radical (unpaired) electrons. The van der Waals surface area contributed by atoms with Crippen molar-refractivity contribution in [1.82, 2.24) is 15.2 Å². The molecule has 1 aliphatic heterocycles. The third kappa shape index (κ3) is 5.95. The zero-order chi connectivity index (χ0) is 19.1. The molecule has 0 bridgehead atoms. The Labute approximate surface area is 182 Å². The molecule has 0 aliphatic carbocycles. The molecule has 2 heterocycles. The van der Waals surface area contributed by atoms with Crippen LogP contribution in [0.3, 0.4) is 0 Å². The minimum absolute atomic E-state index is 0. The largest absolute Gasteiger partial charge is 0.481 e. The fraction of sp³-hybridized carbons (Fsp3) is 0.400. The second kappa shape index (κ2) is 11.0. The van der Waals surface area contributed by atoms with Crippen molar-refractivity contribution < 1.29 is 9.13 Å². The van der Waals surface area contributed by atoms with Crippen LogP contribution in [0.25, 0.3) is 0 Å². The van der Waals surface area contributed by atoms with Gasteiger partial charge in [-0.05, 0) is 37.3 Å². The molecule has 1 aromatic heterocycles. The van der Waals surface area contributed by atoms with Crippen molar-refractivity contribution in [1.29, 1.82) is 0 Å². The quantitative estimate of drug-likeness (QED) is 0.390. The minimum atomic E-state index is -0.204. The monoisotopic (exact) mass is 499 g/mol. The first-order valence-electron chi connectivity index (χ1n) is 9.23. The summed E-state index contributed by atoms with van der Waals surface area (Å²) < 4.78 is 18.3. The van der Waals surface area contributed by atoms with E-state index in [9.17, 15) is 4.39 Å². The number of guanidine groups is 1. The Morgan fingerprint density at radius 1 is 1.14 bits per heavy atom. The van der Waals surface area contributed by atoms with E-state index in [1.165, 1.54) is 12.1 Å². The molecule has 0 unspecified atom stereocenters. The molecule has 3 rings (SSSR count). The SMILES string of the molecule is CCNC(=NCc1cccc(OC)n1)N1CCN(c2ccc(F)cc2)CC1.I. The Balaban J connectivity index is 0.00000280. The highest BCUT2D eigenvalue weighted by Gasteiger charge is 2.19. The maximum absolute atomic E-state index is 13.1. The number of ether oxygens (including phenoxy) is 1. The van der Waals surface area contributed by atoms with Crippen LogP contribution in [0.1, 0.15) is 12.6 Å². The van der Waals surface area contributed by atoms with Crippen molar-refractivity contribution in [2.75, 3.05) is 44.7 Å². The van der Waals surface area contributed by atoms with Crippen molar-refractivity contribution in [3.63, 3.8) is 0 Å². The Bertz CT molecular complexity index is 763. The number of hydrogen-bond donors (Lipinski definition) is 1. The predicted octanol–water partition coefficient (Wildman–Crippen LogP) is 3.14. The molecule has 0 atom stereocenters. The molecule has 0 spiro atoms. The van der Waals surface area contributed by atoms with Gasteiger partial charge in [0.1, 0.15) is 5.82 Å². The van der Waals surface area contributed by atoms with E-state index in [1.54, 1.807) is 7.11 Å². The molecule has 1 aliphatic rings. The Kier molecular flexibility index (Phi) is 8.75. The van der Waals surface area contributed by atoms with Gasteiger partial charge in [0.2, 0.25) is 5.88 Å². The van der Waals surface area contributed by atoms with Gasteiger partial charge in [-0.2, -0.15) is 0 Å². The van der Waals surface area contributed by atoms with Gasteiger partial charge in [-0.15, -0.1) is 24.0 Å². The summed E-state index contributed by atoms with van der Waals surface area (Å²) in [6.45, 7) is 6.82. The van der Waals surface area contributed by atoms with Crippen LogP contribution in [0.15, 0.2) is 47.5 Å². The fourth-order valence-corrected chi connectivity index (χ4v) is 3.07. The lowest BCUT2D eigenvalue weighted by molar-refractivity contribution is 0.372. The van der Waals surface area contributed by atoms with Gasteiger partial charge in [0.05, 0.1) is 19.3 Å². The molecule has 1 fully saturated rings. The Morgan fingerprint density at radius 3 is 2.50 bits per heavy atom. The van der Waals surface area contributed by atoms with Gasteiger partial charge < -0.3 is 19.9 Å². The first kappa shape index (κ1) is 22.2. The van der Waals surface area contributed by atoms with E-state index in [0.717, 1.165) is 50.1 Å².